The van der Waals surface area contributed by atoms with Crippen LogP contribution in [0.15, 0.2) is 17.8 Å². The van der Waals surface area contributed by atoms with E-state index in [1.807, 2.05) is 11.5 Å². The minimum atomic E-state index is 0.0507. The van der Waals surface area contributed by atoms with Crippen molar-refractivity contribution in [2.45, 2.75) is 64.2 Å². The number of hydrogen-bond acceptors (Lipinski definition) is 4. The first kappa shape index (κ1) is 17.8. The van der Waals surface area contributed by atoms with Gasteiger partial charge in [0.2, 0.25) is 5.91 Å². The molecule has 0 saturated heterocycles. The monoisotopic (exact) mass is 310 g/mol. The number of aromatic nitrogens is 3. The minimum Gasteiger partial charge on any atom is -0.353 e. The van der Waals surface area contributed by atoms with Gasteiger partial charge in [-0.25, -0.2) is 0 Å². The van der Waals surface area contributed by atoms with E-state index in [2.05, 4.69) is 35.9 Å². The number of nitrogens with one attached hydrogen (secondary N) is 1. The van der Waals surface area contributed by atoms with E-state index < -0.39 is 0 Å². The number of nitrogens with zero attached hydrogens (tertiary/aromatic N) is 3. The lowest BCUT2D eigenvalue weighted by atomic mass is 10.1. The molecule has 1 aromatic rings. The fourth-order valence-electron chi connectivity index (χ4n) is 2.03. The zero-order valence-corrected chi connectivity index (χ0v) is 14.1. The van der Waals surface area contributed by atoms with Crippen molar-refractivity contribution in [3.63, 3.8) is 0 Å². The molecule has 0 aromatic carbocycles. The van der Waals surface area contributed by atoms with Crippen molar-refractivity contribution < 1.29 is 4.79 Å². The lowest BCUT2D eigenvalue weighted by Gasteiger charge is -2.13. The van der Waals surface area contributed by atoms with Gasteiger partial charge in [-0.2, -0.15) is 0 Å². The van der Waals surface area contributed by atoms with Gasteiger partial charge in [-0.05, 0) is 20.3 Å². The first-order valence-corrected chi connectivity index (χ1v) is 8.49. The van der Waals surface area contributed by atoms with Gasteiger partial charge in [0.15, 0.2) is 5.16 Å². The smallest absolute Gasteiger partial charge is 0.230 e. The summed E-state index contributed by atoms with van der Waals surface area (Å²) >= 11 is 1.42. The van der Waals surface area contributed by atoms with Crippen molar-refractivity contribution in [1.82, 2.24) is 20.1 Å². The van der Waals surface area contributed by atoms with Gasteiger partial charge in [0.25, 0.3) is 0 Å². The summed E-state index contributed by atoms with van der Waals surface area (Å²) in [6, 6.07) is 0.234. The number of amides is 1. The van der Waals surface area contributed by atoms with E-state index in [-0.39, 0.29) is 11.9 Å². The normalized spacial score (nSPS) is 12.1. The number of unbranched alkanes of at least 4 members (excludes halogenated alkanes) is 2. The Balaban J connectivity index is 2.37. The van der Waals surface area contributed by atoms with Crippen molar-refractivity contribution >= 4 is 17.7 Å². The van der Waals surface area contributed by atoms with Gasteiger partial charge in [-0.3, -0.25) is 4.79 Å². The highest BCUT2D eigenvalue weighted by Crippen LogP contribution is 2.16. The number of allylic oxidation sites excluding steroid dienone is 1. The number of thioether (sulfide) groups is 1. The maximum Gasteiger partial charge on any atom is 0.230 e. The van der Waals surface area contributed by atoms with Crippen LogP contribution in [-0.2, 0) is 11.3 Å². The molecular formula is C15H26N4OS. The maximum absolute atomic E-state index is 11.9. The second kappa shape index (κ2) is 9.60. The van der Waals surface area contributed by atoms with Crippen LogP contribution in [0.5, 0.6) is 0 Å². The number of hydrogen-bond donors (Lipinski definition) is 1. The van der Waals surface area contributed by atoms with Crippen LogP contribution in [0.1, 0.15) is 45.4 Å². The molecule has 1 amide bonds. The lowest BCUT2D eigenvalue weighted by molar-refractivity contribution is -0.119. The predicted octanol–water partition coefficient (Wildman–Crippen LogP) is 2.95. The molecule has 0 radical (unpaired) electrons. The molecule has 0 saturated carbocycles. The van der Waals surface area contributed by atoms with E-state index in [9.17, 15) is 4.79 Å². The second-order valence-corrected chi connectivity index (χ2v) is 6.12. The molecule has 0 aliphatic carbocycles. The summed E-state index contributed by atoms with van der Waals surface area (Å²) < 4.78 is 1.95. The van der Waals surface area contributed by atoms with Crippen LogP contribution in [0, 0.1) is 6.92 Å². The summed E-state index contributed by atoms with van der Waals surface area (Å²) in [5.41, 5.74) is 0. The van der Waals surface area contributed by atoms with Gasteiger partial charge >= 0.3 is 0 Å². The van der Waals surface area contributed by atoms with Gasteiger partial charge in [0.1, 0.15) is 5.82 Å². The molecule has 0 aliphatic rings. The number of carbonyl (C=O) groups is 1. The summed E-state index contributed by atoms with van der Waals surface area (Å²) in [7, 11) is 0. The van der Waals surface area contributed by atoms with Gasteiger partial charge < -0.3 is 9.88 Å². The summed E-state index contributed by atoms with van der Waals surface area (Å²) in [5.74, 6) is 1.26. The lowest BCUT2D eigenvalue weighted by Crippen LogP contribution is -2.33. The Hall–Kier alpha value is -1.30. The number of rotatable bonds is 10. The molecule has 1 rings (SSSR count). The molecule has 6 heteroatoms. The Morgan fingerprint density at radius 1 is 1.48 bits per heavy atom. The van der Waals surface area contributed by atoms with Crippen LogP contribution < -0.4 is 5.32 Å². The Labute approximate surface area is 131 Å². The Kier molecular flexibility index (Phi) is 8.12. The summed E-state index contributed by atoms with van der Waals surface area (Å²) in [6.45, 7) is 10.5. The van der Waals surface area contributed by atoms with Crippen LogP contribution in [0.25, 0.3) is 0 Å². The molecule has 1 unspecified atom stereocenters. The van der Waals surface area contributed by atoms with E-state index >= 15 is 0 Å². The molecular weight excluding hydrogens is 284 g/mol. The molecule has 1 aromatic heterocycles. The Bertz CT molecular complexity index is 459. The third-order valence-electron chi connectivity index (χ3n) is 3.19. The topological polar surface area (TPSA) is 59.8 Å². The highest BCUT2D eigenvalue weighted by atomic mass is 32.2. The van der Waals surface area contributed by atoms with Crippen LogP contribution in [-0.4, -0.2) is 32.5 Å². The van der Waals surface area contributed by atoms with Crippen molar-refractivity contribution in [3.05, 3.63) is 18.5 Å². The third-order valence-corrected chi connectivity index (χ3v) is 4.16. The SMILES string of the molecule is C=CCn1c(C)nnc1SCC(=O)NC(C)CCCCC. The van der Waals surface area contributed by atoms with Crippen LogP contribution in [0.4, 0.5) is 0 Å². The highest BCUT2D eigenvalue weighted by molar-refractivity contribution is 7.99. The quantitative estimate of drug-likeness (QED) is 0.410. The molecule has 118 valence electrons. The van der Waals surface area contributed by atoms with E-state index in [0.717, 1.165) is 23.8 Å². The van der Waals surface area contributed by atoms with Gasteiger partial charge in [0, 0.05) is 12.6 Å². The van der Waals surface area contributed by atoms with Crippen LogP contribution >= 0.6 is 11.8 Å². The standard InChI is InChI=1S/C15H26N4OS/c1-5-7-8-9-12(3)16-14(20)11-21-15-18-17-13(4)19(15)10-6-2/h6,12H,2,5,7-11H2,1,3-4H3,(H,16,20). The number of carbonyl (C=O) groups excluding carboxylic acids is 1. The van der Waals surface area contributed by atoms with E-state index in [1.165, 1.54) is 24.6 Å². The Morgan fingerprint density at radius 2 is 2.24 bits per heavy atom. The zero-order chi connectivity index (χ0) is 15.7. The maximum atomic E-state index is 11.9. The second-order valence-electron chi connectivity index (χ2n) is 5.18. The molecule has 1 N–H and O–H groups in total. The van der Waals surface area contributed by atoms with Crippen molar-refractivity contribution in [2.75, 3.05) is 5.75 Å². The fraction of sp³-hybridized carbons (Fsp3) is 0.667. The third kappa shape index (κ3) is 6.33. The molecule has 0 spiro atoms. The van der Waals surface area contributed by atoms with E-state index in [1.54, 1.807) is 6.08 Å². The molecule has 21 heavy (non-hydrogen) atoms. The minimum absolute atomic E-state index is 0.0507. The largest absolute Gasteiger partial charge is 0.353 e. The van der Waals surface area contributed by atoms with Crippen LogP contribution in [0.2, 0.25) is 0 Å². The molecule has 1 atom stereocenters. The first-order valence-electron chi connectivity index (χ1n) is 7.51. The van der Waals surface area contributed by atoms with Crippen LogP contribution in [0.3, 0.4) is 0 Å². The van der Waals surface area contributed by atoms with Crippen molar-refractivity contribution in [3.8, 4) is 0 Å². The summed E-state index contributed by atoms with van der Waals surface area (Å²) in [5, 5.41) is 11.9. The average Bonchev–Trinajstić information content (AvgIpc) is 2.78. The average molecular weight is 310 g/mol. The molecule has 0 aliphatic heterocycles. The Morgan fingerprint density at radius 3 is 2.90 bits per heavy atom. The highest BCUT2D eigenvalue weighted by Gasteiger charge is 2.12. The van der Waals surface area contributed by atoms with Gasteiger partial charge in [0.05, 0.1) is 5.75 Å². The molecule has 5 nitrogen and oxygen atoms in total. The summed E-state index contributed by atoms with van der Waals surface area (Å²) in [4.78, 5) is 11.9. The summed E-state index contributed by atoms with van der Waals surface area (Å²) in [6.07, 6.45) is 6.43. The number of aryl methyl sites for hydroxylation is 1. The zero-order valence-electron chi connectivity index (χ0n) is 13.3. The molecule has 1 heterocycles. The van der Waals surface area contributed by atoms with E-state index in [4.69, 9.17) is 0 Å². The fourth-order valence-corrected chi connectivity index (χ4v) is 2.83. The van der Waals surface area contributed by atoms with Crippen molar-refractivity contribution in [2.24, 2.45) is 0 Å². The molecule has 0 fully saturated rings. The van der Waals surface area contributed by atoms with Gasteiger partial charge in [-0.15, -0.1) is 16.8 Å². The predicted molar refractivity (Wildman–Crippen MR) is 87.4 cm³/mol. The van der Waals surface area contributed by atoms with E-state index in [0.29, 0.717) is 12.3 Å². The molecule has 0 bridgehead atoms. The van der Waals surface area contributed by atoms with Gasteiger partial charge in [-0.1, -0.05) is 44.0 Å². The van der Waals surface area contributed by atoms with Crippen molar-refractivity contribution in [1.29, 1.82) is 0 Å². The first-order chi connectivity index (χ1) is 10.1.